The molecule has 0 atom stereocenters. The van der Waals surface area contributed by atoms with Crippen molar-refractivity contribution in [2.24, 2.45) is 0 Å². The summed E-state index contributed by atoms with van der Waals surface area (Å²) in [5.74, 6) is -0.319. The van der Waals surface area contributed by atoms with E-state index < -0.39 is 5.82 Å². The molecule has 4 rings (SSSR count). The number of nitrogens with zero attached hydrogens (tertiary/aromatic N) is 3. The second-order valence-electron chi connectivity index (χ2n) is 7.29. The first-order chi connectivity index (χ1) is 14.9. The lowest BCUT2D eigenvalue weighted by molar-refractivity contribution is -0.113. The molecule has 2 aromatic carbocycles. The molecule has 0 aliphatic carbocycles. The van der Waals surface area contributed by atoms with Crippen LogP contribution in [0.15, 0.2) is 64.5 Å². The lowest BCUT2D eigenvalue weighted by Gasteiger charge is -2.06. The molecule has 0 saturated carbocycles. The fourth-order valence-electron chi connectivity index (χ4n) is 3.06. The van der Waals surface area contributed by atoms with Gasteiger partial charge in [0.15, 0.2) is 0 Å². The van der Waals surface area contributed by atoms with Gasteiger partial charge in [0.1, 0.15) is 11.3 Å². The molecule has 9 heteroatoms. The van der Waals surface area contributed by atoms with Crippen LogP contribution < -0.4 is 10.9 Å². The average molecular weight is 438 g/mol. The third-order valence-electron chi connectivity index (χ3n) is 4.69. The van der Waals surface area contributed by atoms with E-state index in [0.717, 1.165) is 17.3 Å². The molecule has 2 N–H and O–H groups in total. The second-order valence-corrected chi connectivity index (χ2v) is 8.23. The molecule has 0 fully saturated rings. The molecule has 0 radical (unpaired) electrons. The Balaban J connectivity index is 1.55. The van der Waals surface area contributed by atoms with Gasteiger partial charge in [0.2, 0.25) is 11.1 Å². The van der Waals surface area contributed by atoms with Gasteiger partial charge in [-0.15, -0.1) is 5.10 Å². The van der Waals surface area contributed by atoms with Gasteiger partial charge in [-0.05, 0) is 35.7 Å². The largest absolute Gasteiger partial charge is 0.325 e. The Morgan fingerprint density at radius 1 is 1.19 bits per heavy atom. The summed E-state index contributed by atoms with van der Waals surface area (Å²) in [5, 5.41) is 14.0. The first-order valence-corrected chi connectivity index (χ1v) is 10.7. The van der Waals surface area contributed by atoms with Gasteiger partial charge in [0.25, 0.3) is 5.56 Å². The van der Waals surface area contributed by atoms with E-state index in [1.807, 2.05) is 24.3 Å². The van der Waals surface area contributed by atoms with Crippen LogP contribution in [0.25, 0.3) is 16.8 Å². The maximum atomic E-state index is 13.3. The Morgan fingerprint density at radius 3 is 2.68 bits per heavy atom. The van der Waals surface area contributed by atoms with Gasteiger partial charge in [-0.1, -0.05) is 55.9 Å². The van der Waals surface area contributed by atoms with Gasteiger partial charge in [0, 0.05) is 11.3 Å². The van der Waals surface area contributed by atoms with E-state index in [2.05, 4.69) is 34.5 Å². The number of aromatic nitrogens is 4. The van der Waals surface area contributed by atoms with E-state index >= 15 is 0 Å². The standard InChI is InChI=1S/C22H20FN5O2S/c1-13(2)14-6-8-15(9-7-14)18-11-19-21(30)25-26-22(28(19)27-18)31-12-20(29)24-17-5-3-4-16(23)10-17/h3-11,13H,12H2,1-2H3,(H,24,29)(H,25,30). The van der Waals surface area contributed by atoms with Crippen molar-refractivity contribution in [2.75, 3.05) is 11.1 Å². The van der Waals surface area contributed by atoms with Crippen LogP contribution in [0, 0.1) is 5.82 Å². The lowest BCUT2D eigenvalue weighted by atomic mass is 10.0. The second kappa shape index (κ2) is 8.73. The van der Waals surface area contributed by atoms with Crippen LogP contribution in [0.5, 0.6) is 0 Å². The monoisotopic (exact) mass is 437 g/mol. The number of fused-ring (bicyclic) bond motifs is 1. The lowest BCUT2D eigenvalue weighted by Crippen LogP contribution is -2.17. The summed E-state index contributed by atoms with van der Waals surface area (Å²) < 4.78 is 14.7. The highest BCUT2D eigenvalue weighted by molar-refractivity contribution is 7.99. The van der Waals surface area contributed by atoms with Crippen LogP contribution in [-0.4, -0.2) is 31.5 Å². The van der Waals surface area contributed by atoms with Crippen molar-refractivity contribution in [3.05, 3.63) is 76.3 Å². The van der Waals surface area contributed by atoms with E-state index in [9.17, 15) is 14.0 Å². The Kier molecular flexibility index (Phi) is 5.85. The predicted octanol–water partition coefficient (Wildman–Crippen LogP) is 4.08. The van der Waals surface area contributed by atoms with Crippen LogP contribution >= 0.6 is 11.8 Å². The molecule has 1 amide bonds. The predicted molar refractivity (Wildman–Crippen MR) is 119 cm³/mol. The molecule has 158 valence electrons. The first-order valence-electron chi connectivity index (χ1n) is 9.68. The number of H-pyrrole nitrogens is 1. The first kappa shape index (κ1) is 20.8. The summed E-state index contributed by atoms with van der Waals surface area (Å²) in [7, 11) is 0. The van der Waals surface area contributed by atoms with Crippen LogP contribution in [-0.2, 0) is 4.79 Å². The summed E-state index contributed by atoms with van der Waals surface area (Å²) in [5.41, 5.74) is 3.08. The summed E-state index contributed by atoms with van der Waals surface area (Å²) in [4.78, 5) is 24.5. The average Bonchev–Trinajstić information content (AvgIpc) is 3.20. The van der Waals surface area contributed by atoms with Crippen molar-refractivity contribution < 1.29 is 9.18 Å². The number of carbonyl (C=O) groups excluding carboxylic acids is 1. The van der Waals surface area contributed by atoms with E-state index in [0.29, 0.717) is 28.0 Å². The Morgan fingerprint density at radius 2 is 1.97 bits per heavy atom. The number of thioether (sulfide) groups is 1. The van der Waals surface area contributed by atoms with Crippen molar-refractivity contribution in [3.8, 4) is 11.3 Å². The number of rotatable bonds is 6. The zero-order valence-electron chi connectivity index (χ0n) is 16.9. The van der Waals surface area contributed by atoms with E-state index in [-0.39, 0.29) is 17.2 Å². The molecule has 31 heavy (non-hydrogen) atoms. The molecule has 7 nitrogen and oxygen atoms in total. The highest BCUT2D eigenvalue weighted by Gasteiger charge is 2.14. The summed E-state index contributed by atoms with van der Waals surface area (Å²) in [6, 6.07) is 15.4. The summed E-state index contributed by atoms with van der Waals surface area (Å²) in [6.45, 7) is 4.25. The van der Waals surface area contributed by atoms with E-state index in [1.165, 1.54) is 28.3 Å². The molecule has 0 unspecified atom stereocenters. The van der Waals surface area contributed by atoms with Gasteiger partial charge >= 0.3 is 0 Å². The van der Waals surface area contributed by atoms with Crippen molar-refractivity contribution in [1.82, 2.24) is 19.8 Å². The quantitative estimate of drug-likeness (QED) is 0.444. The number of amides is 1. The number of nitrogens with one attached hydrogen (secondary N) is 2. The van der Waals surface area contributed by atoms with E-state index in [1.54, 1.807) is 12.1 Å². The van der Waals surface area contributed by atoms with Gasteiger partial charge in [-0.2, -0.15) is 5.10 Å². The summed E-state index contributed by atoms with van der Waals surface area (Å²) >= 11 is 1.12. The van der Waals surface area contributed by atoms with Crippen LogP contribution in [0.4, 0.5) is 10.1 Å². The van der Waals surface area contributed by atoms with Gasteiger partial charge in [-0.25, -0.2) is 14.0 Å². The molecule has 0 aliphatic heterocycles. The number of hydrogen-bond donors (Lipinski definition) is 2. The molecule has 0 bridgehead atoms. The molecule has 4 aromatic rings. The minimum atomic E-state index is -0.431. The highest BCUT2D eigenvalue weighted by atomic mass is 32.2. The Bertz CT molecular complexity index is 1300. The minimum absolute atomic E-state index is 0.0168. The van der Waals surface area contributed by atoms with Crippen LogP contribution in [0.1, 0.15) is 25.3 Å². The number of hydrogen-bond acceptors (Lipinski definition) is 5. The molecule has 0 saturated heterocycles. The van der Waals surface area contributed by atoms with Crippen molar-refractivity contribution in [3.63, 3.8) is 0 Å². The third-order valence-corrected chi connectivity index (χ3v) is 5.62. The number of aromatic amines is 1. The zero-order valence-corrected chi connectivity index (χ0v) is 17.7. The molecule has 2 aromatic heterocycles. The molecular weight excluding hydrogens is 417 g/mol. The fourth-order valence-corrected chi connectivity index (χ4v) is 3.76. The zero-order chi connectivity index (χ0) is 22.0. The fraction of sp³-hybridized carbons (Fsp3) is 0.182. The summed E-state index contributed by atoms with van der Waals surface area (Å²) in [6.07, 6.45) is 0. The van der Waals surface area contributed by atoms with Crippen molar-refractivity contribution in [1.29, 1.82) is 0 Å². The van der Waals surface area contributed by atoms with Crippen LogP contribution in [0.3, 0.4) is 0 Å². The maximum Gasteiger partial charge on any atom is 0.290 e. The number of halogens is 1. The Labute approximate surface area is 181 Å². The van der Waals surface area contributed by atoms with Crippen molar-refractivity contribution in [2.45, 2.75) is 24.9 Å². The van der Waals surface area contributed by atoms with Crippen molar-refractivity contribution >= 4 is 28.9 Å². The van der Waals surface area contributed by atoms with Gasteiger partial charge < -0.3 is 5.32 Å². The topological polar surface area (TPSA) is 92.1 Å². The van der Waals surface area contributed by atoms with Gasteiger partial charge in [0.05, 0.1) is 11.4 Å². The third kappa shape index (κ3) is 4.66. The number of anilines is 1. The number of benzene rings is 2. The number of carbonyl (C=O) groups is 1. The highest BCUT2D eigenvalue weighted by Crippen LogP contribution is 2.24. The minimum Gasteiger partial charge on any atom is -0.325 e. The van der Waals surface area contributed by atoms with Gasteiger partial charge in [-0.3, -0.25) is 9.59 Å². The van der Waals surface area contributed by atoms with E-state index in [4.69, 9.17) is 0 Å². The molecule has 0 aliphatic rings. The molecule has 2 heterocycles. The van der Waals surface area contributed by atoms with Crippen LogP contribution in [0.2, 0.25) is 0 Å². The normalized spacial score (nSPS) is 11.2. The maximum absolute atomic E-state index is 13.3. The SMILES string of the molecule is CC(C)c1ccc(-c2cc3c(=O)[nH]nc(SCC(=O)Nc4cccc(F)c4)n3n2)cc1. The smallest absolute Gasteiger partial charge is 0.290 e. The Hall–Kier alpha value is -3.46. The molecular formula is C22H20FN5O2S. The molecule has 0 spiro atoms.